The number of piperidine rings is 1. The van der Waals surface area contributed by atoms with E-state index in [1.54, 1.807) is 0 Å². The van der Waals surface area contributed by atoms with Gasteiger partial charge in [0.1, 0.15) is 0 Å². The molecule has 0 radical (unpaired) electrons. The molecule has 74 valence electrons. The first-order valence-electron chi connectivity index (χ1n) is 5.20. The highest BCUT2D eigenvalue weighted by molar-refractivity contribution is 4.84. The zero-order valence-electron chi connectivity index (χ0n) is 8.55. The van der Waals surface area contributed by atoms with Crippen LogP contribution in [-0.4, -0.2) is 37.6 Å². The van der Waals surface area contributed by atoms with E-state index in [0.29, 0.717) is 6.04 Å². The Hall–Kier alpha value is -0.520. The molecule has 0 aromatic rings. The summed E-state index contributed by atoms with van der Waals surface area (Å²) >= 11 is 0. The van der Waals surface area contributed by atoms with Crippen molar-refractivity contribution in [2.75, 3.05) is 26.7 Å². The molecule has 0 bridgehead atoms. The summed E-state index contributed by atoms with van der Waals surface area (Å²) in [5.41, 5.74) is 0. The summed E-state index contributed by atoms with van der Waals surface area (Å²) in [6, 6.07) is 0.694. The molecule has 0 amide bonds. The van der Waals surface area contributed by atoms with Crippen LogP contribution in [0.3, 0.4) is 0 Å². The average molecular weight is 180 g/mol. The topological polar surface area (TPSA) is 15.3 Å². The Morgan fingerprint density at radius 1 is 1.62 bits per heavy atom. The van der Waals surface area contributed by atoms with E-state index in [-0.39, 0.29) is 0 Å². The third-order valence-electron chi connectivity index (χ3n) is 2.71. The Bertz CT molecular complexity index is 171. The van der Waals surface area contributed by atoms with Crippen molar-refractivity contribution in [1.29, 1.82) is 0 Å². The lowest BCUT2D eigenvalue weighted by molar-refractivity contribution is 0.194. The Labute approximate surface area is 81.7 Å². The average Bonchev–Trinajstić information content (AvgIpc) is 2.19. The minimum Gasteiger partial charge on any atom is -0.316 e. The molecule has 2 heteroatoms. The molecule has 0 saturated carbocycles. The Morgan fingerprint density at radius 3 is 3.15 bits per heavy atom. The van der Waals surface area contributed by atoms with Crippen molar-refractivity contribution >= 4 is 0 Å². The van der Waals surface area contributed by atoms with Crippen molar-refractivity contribution < 1.29 is 0 Å². The summed E-state index contributed by atoms with van der Waals surface area (Å²) in [5, 5.41) is 3.34. The number of likely N-dealkylation sites (N-methyl/N-ethyl adjacent to an activating group) is 1. The standard InChI is InChI=1S/C11H20N2/c1-3-4-5-8-13-9-6-7-11(10-13)12-2/h1,11-12H,4-10H2,2H3. The van der Waals surface area contributed by atoms with Gasteiger partial charge in [-0.1, -0.05) is 0 Å². The van der Waals surface area contributed by atoms with Crippen LogP contribution >= 0.6 is 0 Å². The van der Waals surface area contributed by atoms with E-state index in [4.69, 9.17) is 6.42 Å². The molecular formula is C11H20N2. The lowest BCUT2D eigenvalue weighted by atomic mass is 10.1. The molecule has 0 aromatic carbocycles. The van der Waals surface area contributed by atoms with E-state index < -0.39 is 0 Å². The molecule has 1 unspecified atom stereocenters. The number of hydrogen-bond acceptors (Lipinski definition) is 2. The third kappa shape index (κ3) is 3.80. The molecule has 1 rings (SSSR count). The molecular weight excluding hydrogens is 160 g/mol. The monoisotopic (exact) mass is 180 g/mol. The number of hydrogen-bond donors (Lipinski definition) is 1. The van der Waals surface area contributed by atoms with Crippen LogP contribution in [0, 0.1) is 12.3 Å². The van der Waals surface area contributed by atoms with Crippen LogP contribution in [0.1, 0.15) is 25.7 Å². The van der Waals surface area contributed by atoms with Gasteiger partial charge in [-0.3, -0.25) is 0 Å². The minimum atomic E-state index is 0.694. The van der Waals surface area contributed by atoms with Gasteiger partial charge in [-0.25, -0.2) is 0 Å². The third-order valence-corrected chi connectivity index (χ3v) is 2.71. The fraction of sp³-hybridized carbons (Fsp3) is 0.818. The van der Waals surface area contributed by atoms with E-state index in [2.05, 4.69) is 23.2 Å². The van der Waals surface area contributed by atoms with Crippen LogP contribution in [0.4, 0.5) is 0 Å². The van der Waals surface area contributed by atoms with Gasteiger partial charge >= 0.3 is 0 Å². The molecule has 1 atom stereocenters. The number of unbranched alkanes of at least 4 members (excludes halogenated alkanes) is 1. The van der Waals surface area contributed by atoms with Gasteiger partial charge < -0.3 is 10.2 Å². The molecule has 13 heavy (non-hydrogen) atoms. The molecule has 0 spiro atoms. The first kappa shape index (κ1) is 10.6. The van der Waals surface area contributed by atoms with Crippen molar-refractivity contribution in [2.45, 2.75) is 31.7 Å². The summed E-state index contributed by atoms with van der Waals surface area (Å²) < 4.78 is 0. The SMILES string of the molecule is C#CCCCN1CCCC(NC)C1. The summed E-state index contributed by atoms with van der Waals surface area (Å²) in [7, 11) is 2.05. The van der Waals surface area contributed by atoms with Crippen molar-refractivity contribution in [3.8, 4) is 12.3 Å². The van der Waals surface area contributed by atoms with Gasteiger partial charge in [0.05, 0.1) is 0 Å². The maximum Gasteiger partial charge on any atom is 0.0192 e. The van der Waals surface area contributed by atoms with Crippen molar-refractivity contribution in [3.63, 3.8) is 0 Å². The van der Waals surface area contributed by atoms with E-state index in [0.717, 1.165) is 12.8 Å². The molecule has 0 aliphatic carbocycles. The lowest BCUT2D eigenvalue weighted by Crippen LogP contribution is -2.44. The van der Waals surface area contributed by atoms with Gasteiger partial charge in [-0.05, 0) is 39.4 Å². The highest BCUT2D eigenvalue weighted by atomic mass is 15.2. The van der Waals surface area contributed by atoms with Gasteiger partial charge in [0.2, 0.25) is 0 Å². The van der Waals surface area contributed by atoms with Crippen molar-refractivity contribution in [1.82, 2.24) is 10.2 Å². The van der Waals surface area contributed by atoms with Gasteiger partial charge in [0, 0.05) is 19.0 Å². The second-order valence-electron chi connectivity index (χ2n) is 3.74. The van der Waals surface area contributed by atoms with Gasteiger partial charge in [-0.15, -0.1) is 12.3 Å². The molecule has 1 heterocycles. The van der Waals surface area contributed by atoms with E-state index >= 15 is 0 Å². The van der Waals surface area contributed by atoms with Crippen molar-refractivity contribution in [2.24, 2.45) is 0 Å². The Morgan fingerprint density at radius 2 is 2.46 bits per heavy atom. The predicted octanol–water partition coefficient (Wildman–Crippen LogP) is 1.08. The fourth-order valence-electron chi connectivity index (χ4n) is 1.90. The van der Waals surface area contributed by atoms with Crippen molar-refractivity contribution in [3.05, 3.63) is 0 Å². The molecule has 2 nitrogen and oxygen atoms in total. The molecule has 1 saturated heterocycles. The van der Waals surface area contributed by atoms with Crippen LogP contribution in [0.5, 0.6) is 0 Å². The van der Waals surface area contributed by atoms with Gasteiger partial charge in [-0.2, -0.15) is 0 Å². The van der Waals surface area contributed by atoms with E-state index in [9.17, 15) is 0 Å². The van der Waals surface area contributed by atoms with Gasteiger partial charge in [0.25, 0.3) is 0 Å². The zero-order chi connectivity index (χ0) is 9.52. The van der Waals surface area contributed by atoms with E-state index in [1.165, 1.54) is 32.5 Å². The second kappa shape index (κ2) is 6.01. The molecule has 1 fully saturated rings. The first-order chi connectivity index (χ1) is 6.36. The number of terminal acetylenes is 1. The zero-order valence-corrected chi connectivity index (χ0v) is 8.55. The number of nitrogens with one attached hydrogen (secondary N) is 1. The van der Waals surface area contributed by atoms with Crippen LogP contribution in [-0.2, 0) is 0 Å². The summed E-state index contributed by atoms with van der Waals surface area (Å²) in [6.45, 7) is 3.62. The summed E-state index contributed by atoms with van der Waals surface area (Å²) in [5.74, 6) is 2.69. The fourth-order valence-corrected chi connectivity index (χ4v) is 1.90. The summed E-state index contributed by atoms with van der Waals surface area (Å²) in [4.78, 5) is 2.52. The largest absolute Gasteiger partial charge is 0.316 e. The highest BCUT2D eigenvalue weighted by Crippen LogP contribution is 2.10. The molecule has 1 N–H and O–H groups in total. The first-order valence-corrected chi connectivity index (χ1v) is 5.20. The molecule has 1 aliphatic heterocycles. The summed E-state index contributed by atoms with van der Waals surface area (Å²) in [6.07, 6.45) is 9.92. The Kier molecular flexibility index (Phi) is 4.88. The number of rotatable bonds is 4. The van der Waals surface area contributed by atoms with E-state index in [1.807, 2.05) is 0 Å². The second-order valence-corrected chi connectivity index (χ2v) is 3.74. The lowest BCUT2D eigenvalue weighted by Gasteiger charge is -2.32. The predicted molar refractivity (Wildman–Crippen MR) is 56.6 cm³/mol. The van der Waals surface area contributed by atoms with Gasteiger partial charge in [0.15, 0.2) is 0 Å². The number of likely N-dealkylation sites (tertiary alicyclic amines) is 1. The maximum atomic E-state index is 5.22. The normalized spacial score (nSPS) is 24.2. The quantitative estimate of drug-likeness (QED) is 0.514. The Balaban J connectivity index is 2.15. The molecule has 1 aliphatic rings. The maximum absolute atomic E-state index is 5.22. The molecule has 0 aromatic heterocycles. The smallest absolute Gasteiger partial charge is 0.0192 e. The minimum absolute atomic E-state index is 0.694. The van der Waals surface area contributed by atoms with Crippen LogP contribution < -0.4 is 5.32 Å². The van der Waals surface area contributed by atoms with Crippen LogP contribution in [0.25, 0.3) is 0 Å². The van der Waals surface area contributed by atoms with Crippen LogP contribution in [0.15, 0.2) is 0 Å². The van der Waals surface area contributed by atoms with Crippen LogP contribution in [0.2, 0.25) is 0 Å². The number of nitrogens with zero attached hydrogens (tertiary/aromatic N) is 1. The highest BCUT2D eigenvalue weighted by Gasteiger charge is 2.17.